The second kappa shape index (κ2) is 12.3. The molecule has 2 unspecified atom stereocenters. The number of fused-ring (bicyclic) bond motifs is 1. The van der Waals surface area contributed by atoms with Gasteiger partial charge in [-0.15, -0.1) is 0 Å². The van der Waals surface area contributed by atoms with Crippen molar-refractivity contribution in [3.8, 4) is 0 Å². The second-order valence-electron chi connectivity index (χ2n) is 11.6. The molecule has 2 heterocycles. The zero-order chi connectivity index (χ0) is 29.7. The normalized spacial score (nSPS) is 19.0. The molecule has 4 N–H and O–H groups in total. The lowest BCUT2D eigenvalue weighted by Gasteiger charge is -2.40. The van der Waals surface area contributed by atoms with Gasteiger partial charge in [0.05, 0.1) is 18.9 Å². The fraction of sp³-hybridized carbons (Fsp3) is 0.333. The smallest absolute Gasteiger partial charge is 0.254 e. The minimum Gasteiger partial charge on any atom is -0.374 e. The van der Waals surface area contributed by atoms with Crippen LogP contribution in [0.4, 0.5) is 0 Å². The number of ether oxygens (including phenoxy) is 1. The first-order valence-corrected chi connectivity index (χ1v) is 14.2. The summed E-state index contributed by atoms with van der Waals surface area (Å²) in [4.78, 5) is 42.4. The summed E-state index contributed by atoms with van der Waals surface area (Å²) in [5, 5.41) is 7.22. The van der Waals surface area contributed by atoms with Gasteiger partial charge in [0.15, 0.2) is 0 Å². The van der Waals surface area contributed by atoms with Crippen LogP contribution in [0.5, 0.6) is 0 Å². The number of nitrogens with two attached hydrogens (primary N) is 1. The number of amides is 3. The van der Waals surface area contributed by atoms with Crippen molar-refractivity contribution in [3.05, 3.63) is 107 Å². The van der Waals surface area contributed by atoms with Gasteiger partial charge in [-0.3, -0.25) is 14.4 Å². The summed E-state index contributed by atoms with van der Waals surface area (Å²) in [5.41, 5.74) is 11.2. The summed E-state index contributed by atoms with van der Waals surface area (Å²) in [6, 6.07) is 25.5. The highest BCUT2D eigenvalue weighted by atomic mass is 16.5. The fourth-order valence-electron chi connectivity index (χ4n) is 5.50. The molecule has 0 aromatic heterocycles. The van der Waals surface area contributed by atoms with E-state index < -0.39 is 22.9 Å². The standard InChI is InChI=1S/C33H37N5O4/c1-32(2,34)26-15-9-14-25(18-26)29(39)35-27(21-42-20-24-12-7-4-8-13-24)30(40)38-17-16-28-33(22-38,31(41)37-36-28)19-23-10-5-3-6-11-23/h3-15,18,27H,16-17,19-22,34H2,1-2H3,(H,35,39)(H,37,41). The summed E-state index contributed by atoms with van der Waals surface area (Å²) >= 11 is 0. The minimum atomic E-state index is -0.965. The van der Waals surface area contributed by atoms with Crippen LogP contribution in [0.25, 0.3) is 0 Å². The van der Waals surface area contributed by atoms with Gasteiger partial charge in [0, 0.05) is 30.6 Å². The number of rotatable bonds is 10. The largest absolute Gasteiger partial charge is 0.374 e. The number of nitrogens with zero attached hydrogens (tertiary/aromatic N) is 2. The number of nitrogens with one attached hydrogen (secondary N) is 2. The number of hydrogen-bond acceptors (Lipinski definition) is 6. The van der Waals surface area contributed by atoms with Gasteiger partial charge < -0.3 is 20.7 Å². The Kier molecular flexibility index (Phi) is 8.51. The van der Waals surface area contributed by atoms with Crippen LogP contribution in [-0.4, -0.2) is 54.1 Å². The maximum absolute atomic E-state index is 14.1. The van der Waals surface area contributed by atoms with Crippen LogP contribution < -0.4 is 16.5 Å². The van der Waals surface area contributed by atoms with Gasteiger partial charge >= 0.3 is 0 Å². The number of hydrogen-bond donors (Lipinski definition) is 3. The summed E-state index contributed by atoms with van der Waals surface area (Å²) < 4.78 is 5.95. The number of benzene rings is 3. The first-order chi connectivity index (χ1) is 20.2. The van der Waals surface area contributed by atoms with Crippen molar-refractivity contribution in [2.24, 2.45) is 16.3 Å². The second-order valence-corrected chi connectivity index (χ2v) is 11.6. The number of carbonyl (C=O) groups is 3. The van der Waals surface area contributed by atoms with Crippen molar-refractivity contribution < 1.29 is 19.1 Å². The summed E-state index contributed by atoms with van der Waals surface area (Å²) in [6.07, 6.45) is 0.877. The summed E-state index contributed by atoms with van der Waals surface area (Å²) in [5.74, 6) is -0.932. The van der Waals surface area contributed by atoms with Crippen LogP contribution in [0.2, 0.25) is 0 Å². The highest BCUT2D eigenvalue weighted by Gasteiger charge is 2.52. The molecule has 9 nitrogen and oxygen atoms in total. The Morgan fingerprint density at radius 1 is 1.05 bits per heavy atom. The van der Waals surface area contributed by atoms with Crippen LogP contribution >= 0.6 is 0 Å². The van der Waals surface area contributed by atoms with Crippen molar-refractivity contribution in [1.29, 1.82) is 0 Å². The lowest BCUT2D eigenvalue weighted by molar-refractivity contribution is -0.138. The molecule has 0 radical (unpaired) electrons. The van der Waals surface area contributed by atoms with Gasteiger partial charge in [0.2, 0.25) is 5.91 Å². The molecule has 0 bridgehead atoms. The Morgan fingerprint density at radius 3 is 2.43 bits per heavy atom. The molecule has 0 spiro atoms. The van der Waals surface area contributed by atoms with Crippen LogP contribution in [-0.2, 0) is 32.9 Å². The van der Waals surface area contributed by atoms with Gasteiger partial charge in [-0.05, 0) is 49.1 Å². The molecular formula is C33H37N5O4. The maximum Gasteiger partial charge on any atom is 0.254 e. The SMILES string of the molecule is CC(C)(N)c1cccc(C(=O)NC(COCc2ccccc2)C(=O)N2CCC3=NNC(=O)C3(Cc3ccccc3)C2)c1. The lowest BCUT2D eigenvalue weighted by atomic mass is 9.73. The van der Waals surface area contributed by atoms with E-state index in [1.165, 1.54) is 0 Å². The molecule has 218 valence electrons. The highest BCUT2D eigenvalue weighted by Crippen LogP contribution is 2.35. The zero-order valence-corrected chi connectivity index (χ0v) is 24.0. The third-order valence-corrected chi connectivity index (χ3v) is 7.89. The van der Waals surface area contributed by atoms with E-state index in [0.717, 1.165) is 22.4 Å². The maximum atomic E-state index is 14.1. The van der Waals surface area contributed by atoms with Crippen molar-refractivity contribution >= 4 is 23.4 Å². The lowest BCUT2D eigenvalue weighted by Crippen LogP contribution is -2.59. The Balaban J connectivity index is 1.37. The van der Waals surface area contributed by atoms with E-state index in [4.69, 9.17) is 10.5 Å². The summed E-state index contributed by atoms with van der Waals surface area (Å²) in [6.45, 7) is 4.53. The molecule has 2 aliphatic heterocycles. The Bertz CT molecular complexity index is 1470. The van der Waals surface area contributed by atoms with E-state index in [0.29, 0.717) is 24.9 Å². The van der Waals surface area contributed by atoms with Crippen molar-refractivity contribution in [2.75, 3.05) is 19.7 Å². The van der Waals surface area contributed by atoms with Gasteiger partial charge in [0.1, 0.15) is 11.5 Å². The van der Waals surface area contributed by atoms with E-state index in [1.807, 2.05) is 80.6 Å². The molecule has 9 heteroatoms. The number of hydrazone groups is 1. The predicted octanol–water partition coefficient (Wildman–Crippen LogP) is 3.14. The number of likely N-dealkylation sites (tertiary alicyclic amines) is 1. The third-order valence-electron chi connectivity index (χ3n) is 7.89. The van der Waals surface area contributed by atoms with Crippen LogP contribution in [0.15, 0.2) is 90.0 Å². The van der Waals surface area contributed by atoms with Crippen molar-refractivity contribution in [3.63, 3.8) is 0 Å². The minimum absolute atomic E-state index is 0.0309. The molecule has 3 amide bonds. The van der Waals surface area contributed by atoms with Gasteiger partial charge in [0.25, 0.3) is 11.8 Å². The Hall–Kier alpha value is -4.34. The van der Waals surface area contributed by atoms with Gasteiger partial charge in [-0.25, -0.2) is 5.43 Å². The molecule has 3 aromatic carbocycles. The molecule has 42 heavy (non-hydrogen) atoms. The van der Waals surface area contributed by atoms with Crippen molar-refractivity contribution in [1.82, 2.24) is 15.6 Å². The number of piperidine rings is 1. The quantitative estimate of drug-likeness (QED) is 0.347. The average Bonchev–Trinajstić information content (AvgIpc) is 3.31. The Labute approximate surface area is 246 Å². The van der Waals surface area contributed by atoms with Crippen LogP contribution in [0.3, 0.4) is 0 Å². The van der Waals surface area contributed by atoms with E-state index in [1.54, 1.807) is 23.1 Å². The average molecular weight is 568 g/mol. The number of carbonyl (C=O) groups excluding carboxylic acids is 3. The first kappa shape index (κ1) is 29.2. The summed E-state index contributed by atoms with van der Waals surface area (Å²) in [7, 11) is 0. The highest BCUT2D eigenvalue weighted by molar-refractivity contribution is 6.14. The molecule has 1 fully saturated rings. The molecular weight excluding hydrogens is 530 g/mol. The van der Waals surface area contributed by atoms with Crippen LogP contribution in [0.1, 0.15) is 47.3 Å². The van der Waals surface area contributed by atoms with E-state index in [9.17, 15) is 14.4 Å². The molecule has 2 atom stereocenters. The molecule has 0 saturated carbocycles. The fourth-order valence-corrected chi connectivity index (χ4v) is 5.50. The van der Waals surface area contributed by atoms with E-state index >= 15 is 0 Å². The topological polar surface area (TPSA) is 126 Å². The zero-order valence-electron chi connectivity index (χ0n) is 24.0. The monoisotopic (exact) mass is 567 g/mol. The molecule has 0 aliphatic carbocycles. The Morgan fingerprint density at radius 2 is 1.74 bits per heavy atom. The van der Waals surface area contributed by atoms with Crippen LogP contribution in [0, 0.1) is 5.41 Å². The third kappa shape index (κ3) is 6.42. The van der Waals surface area contributed by atoms with Crippen molar-refractivity contribution in [2.45, 2.75) is 44.9 Å². The molecule has 2 aliphatic rings. The van der Waals surface area contributed by atoms with Gasteiger partial charge in [-0.2, -0.15) is 5.10 Å². The van der Waals surface area contributed by atoms with E-state index in [-0.39, 0.29) is 31.6 Å². The van der Waals surface area contributed by atoms with E-state index in [2.05, 4.69) is 15.8 Å². The molecule has 3 aromatic rings. The van der Waals surface area contributed by atoms with Gasteiger partial charge in [-0.1, -0.05) is 72.8 Å². The molecule has 1 saturated heterocycles. The first-order valence-electron chi connectivity index (χ1n) is 14.2. The predicted molar refractivity (Wildman–Crippen MR) is 160 cm³/mol. The molecule has 5 rings (SSSR count).